The first-order valence-electron chi connectivity index (χ1n) is 6.97. The molecular formula is C16H28N2O. The Morgan fingerprint density at radius 1 is 1.32 bits per heavy atom. The van der Waals surface area contributed by atoms with Crippen molar-refractivity contribution in [2.75, 3.05) is 20.2 Å². The van der Waals surface area contributed by atoms with Crippen molar-refractivity contribution >= 4 is 0 Å². The molecule has 1 aromatic rings. The van der Waals surface area contributed by atoms with E-state index < -0.39 is 0 Å². The molecule has 0 aliphatic carbocycles. The molecule has 0 bridgehead atoms. The quantitative estimate of drug-likeness (QED) is 0.796. The van der Waals surface area contributed by atoms with Gasteiger partial charge in [-0.15, -0.1) is 0 Å². The van der Waals surface area contributed by atoms with Crippen LogP contribution in [0.4, 0.5) is 0 Å². The molecule has 1 rings (SSSR count). The molecule has 3 N–H and O–H groups in total. The number of nitrogens with two attached hydrogens (primary N) is 1. The third-order valence-corrected chi connectivity index (χ3v) is 3.45. The minimum atomic E-state index is 0.130. The smallest absolute Gasteiger partial charge is 0.123 e. The molecule has 0 saturated carbocycles. The molecule has 0 amide bonds. The number of ether oxygens (including phenoxy) is 1. The van der Waals surface area contributed by atoms with Gasteiger partial charge < -0.3 is 15.8 Å². The van der Waals surface area contributed by atoms with Gasteiger partial charge in [0.15, 0.2) is 0 Å². The molecule has 0 spiro atoms. The Morgan fingerprint density at radius 2 is 2.00 bits per heavy atom. The summed E-state index contributed by atoms with van der Waals surface area (Å²) in [5.41, 5.74) is 8.36. The average Bonchev–Trinajstić information content (AvgIpc) is 2.38. The molecule has 0 aromatic heterocycles. The van der Waals surface area contributed by atoms with Crippen LogP contribution in [-0.2, 0) is 6.54 Å². The van der Waals surface area contributed by atoms with Crippen LogP contribution in [0.3, 0.4) is 0 Å². The van der Waals surface area contributed by atoms with E-state index in [1.165, 1.54) is 11.1 Å². The Hall–Kier alpha value is -1.06. The van der Waals surface area contributed by atoms with Gasteiger partial charge in [0.1, 0.15) is 5.75 Å². The fourth-order valence-electron chi connectivity index (χ4n) is 1.87. The van der Waals surface area contributed by atoms with Gasteiger partial charge in [0.25, 0.3) is 0 Å². The van der Waals surface area contributed by atoms with Gasteiger partial charge in [-0.05, 0) is 29.5 Å². The van der Waals surface area contributed by atoms with E-state index in [4.69, 9.17) is 10.5 Å². The second-order valence-corrected chi connectivity index (χ2v) is 6.20. The predicted octanol–water partition coefficient (Wildman–Crippen LogP) is 2.89. The van der Waals surface area contributed by atoms with Crippen LogP contribution in [-0.4, -0.2) is 20.2 Å². The van der Waals surface area contributed by atoms with Crippen molar-refractivity contribution in [2.24, 2.45) is 11.1 Å². The molecule has 3 heteroatoms. The molecule has 0 heterocycles. The number of nitrogens with one attached hydrogen (secondary N) is 1. The van der Waals surface area contributed by atoms with Crippen molar-refractivity contribution < 1.29 is 4.74 Å². The van der Waals surface area contributed by atoms with Gasteiger partial charge in [-0.25, -0.2) is 0 Å². The predicted molar refractivity (Wildman–Crippen MR) is 81.6 cm³/mol. The lowest BCUT2D eigenvalue weighted by Gasteiger charge is -2.23. The summed E-state index contributed by atoms with van der Waals surface area (Å²) in [4.78, 5) is 0. The first kappa shape index (κ1) is 16.0. The lowest BCUT2D eigenvalue weighted by Crippen LogP contribution is -2.35. The van der Waals surface area contributed by atoms with Gasteiger partial charge >= 0.3 is 0 Å². The minimum absolute atomic E-state index is 0.130. The van der Waals surface area contributed by atoms with Crippen molar-refractivity contribution in [1.82, 2.24) is 5.32 Å². The zero-order valence-corrected chi connectivity index (χ0v) is 12.9. The summed E-state index contributed by atoms with van der Waals surface area (Å²) in [5, 5.41) is 3.46. The van der Waals surface area contributed by atoms with Crippen molar-refractivity contribution in [3.63, 3.8) is 0 Å². The van der Waals surface area contributed by atoms with E-state index >= 15 is 0 Å². The van der Waals surface area contributed by atoms with E-state index in [0.29, 0.717) is 12.5 Å². The Bertz CT molecular complexity index is 400. The van der Waals surface area contributed by atoms with Crippen molar-refractivity contribution in [1.29, 1.82) is 0 Å². The van der Waals surface area contributed by atoms with Gasteiger partial charge in [0.05, 0.1) is 7.11 Å². The highest BCUT2D eigenvalue weighted by Gasteiger charge is 2.15. The lowest BCUT2D eigenvalue weighted by molar-refractivity contribution is 0.348. The first-order valence-corrected chi connectivity index (χ1v) is 6.97. The van der Waals surface area contributed by atoms with Crippen LogP contribution in [0.15, 0.2) is 18.2 Å². The molecular weight excluding hydrogens is 236 g/mol. The largest absolute Gasteiger partial charge is 0.496 e. The SMILES string of the molecule is COc1cc(C(C)C)ccc1CNCC(C)(C)CN. The molecule has 3 nitrogen and oxygen atoms in total. The zero-order chi connectivity index (χ0) is 14.5. The number of hydrogen-bond acceptors (Lipinski definition) is 3. The Morgan fingerprint density at radius 3 is 2.53 bits per heavy atom. The molecule has 1 aromatic carbocycles. The van der Waals surface area contributed by atoms with Crippen LogP contribution in [0.5, 0.6) is 5.75 Å². The maximum Gasteiger partial charge on any atom is 0.123 e. The molecule has 0 aliphatic heterocycles. The Kier molecular flexibility index (Phi) is 5.83. The van der Waals surface area contributed by atoms with E-state index in [1.54, 1.807) is 7.11 Å². The third kappa shape index (κ3) is 4.84. The monoisotopic (exact) mass is 264 g/mol. The van der Waals surface area contributed by atoms with E-state index in [0.717, 1.165) is 18.8 Å². The highest BCUT2D eigenvalue weighted by atomic mass is 16.5. The van der Waals surface area contributed by atoms with Crippen LogP contribution in [0.2, 0.25) is 0 Å². The van der Waals surface area contributed by atoms with Crippen molar-refractivity contribution in [3.8, 4) is 5.75 Å². The molecule has 0 fully saturated rings. The van der Waals surface area contributed by atoms with Gasteiger partial charge in [0, 0.05) is 18.7 Å². The summed E-state index contributed by atoms with van der Waals surface area (Å²) in [5.74, 6) is 1.48. The number of benzene rings is 1. The highest BCUT2D eigenvalue weighted by molar-refractivity contribution is 5.38. The van der Waals surface area contributed by atoms with Crippen LogP contribution in [0, 0.1) is 5.41 Å². The maximum absolute atomic E-state index is 5.73. The molecule has 108 valence electrons. The maximum atomic E-state index is 5.73. The Labute approximate surface area is 117 Å². The number of methoxy groups -OCH3 is 1. The summed E-state index contributed by atoms with van der Waals surface area (Å²) in [6.45, 7) is 11.1. The first-order chi connectivity index (χ1) is 8.89. The molecule has 0 atom stereocenters. The second-order valence-electron chi connectivity index (χ2n) is 6.20. The summed E-state index contributed by atoms with van der Waals surface area (Å²) in [6.07, 6.45) is 0. The van der Waals surface area contributed by atoms with Crippen LogP contribution in [0.1, 0.15) is 44.7 Å². The minimum Gasteiger partial charge on any atom is -0.496 e. The van der Waals surface area contributed by atoms with Gasteiger partial charge in [-0.1, -0.05) is 39.8 Å². The molecule has 0 unspecified atom stereocenters. The van der Waals surface area contributed by atoms with Gasteiger partial charge in [0.2, 0.25) is 0 Å². The van der Waals surface area contributed by atoms with Crippen molar-refractivity contribution in [3.05, 3.63) is 29.3 Å². The normalized spacial score (nSPS) is 11.9. The van der Waals surface area contributed by atoms with Crippen molar-refractivity contribution in [2.45, 2.75) is 40.2 Å². The third-order valence-electron chi connectivity index (χ3n) is 3.45. The molecule has 0 saturated heterocycles. The van der Waals surface area contributed by atoms with Gasteiger partial charge in [-0.3, -0.25) is 0 Å². The fourth-order valence-corrected chi connectivity index (χ4v) is 1.87. The summed E-state index contributed by atoms with van der Waals surface area (Å²) in [7, 11) is 1.73. The fraction of sp³-hybridized carbons (Fsp3) is 0.625. The zero-order valence-electron chi connectivity index (χ0n) is 12.9. The summed E-state index contributed by atoms with van der Waals surface area (Å²) >= 11 is 0. The van der Waals surface area contributed by atoms with Crippen LogP contribution < -0.4 is 15.8 Å². The topological polar surface area (TPSA) is 47.3 Å². The molecule has 0 radical (unpaired) electrons. The summed E-state index contributed by atoms with van der Waals surface area (Å²) in [6, 6.07) is 6.46. The number of hydrogen-bond donors (Lipinski definition) is 2. The van der Waals surface area contributed by atoms with E-state index in [-0.39, 0.29) is 5.41 Å². The van der Waals surface area contributed by atoms with E-state index in [1.807, 2.05) is 0 Å². The molecule has 19 heavy (non-hydrogen) atoms. The van der Waals surface area contributed by atoms with Gasteiger partial charge in [-0.2, -0.15) is 0 Å². The van der Waals surface area contributed by atoms with Crippen LogP contribution >= 0.6 is 0 Å². The Balaban J connectivity index is 2.68. The standard InChI is InChI=1S/C16H28N2O/c1-12(2)13-6-7-14(15(8-13)19-5)9-18-11-16(3,4)10-17/h6-8,12,18H,9-11,17H2,1-5H3. The highest BCUT2D eigenvalue weighted by Crippen LogP contribution is 2.24. The van der Waals surface area contributed by atoms with E-state index in [9.17, 15) is 0 Å². The van der Waals surface area contributed by atoms with Crippen LogP contribution in [0.25, 0.3) is 0 Å². The van der Waals surface area contributed by atoms with E-state index in [2.05, 4.69) is 51.2 Å². The average molecular weight is 264 g/mol. The lowest BCUT2D eigenvalue weighted by atomic mass is 9.94. The molecule has 0 aliphatic rings. The second kappa shape index (κ2) is 6.92. The summed E-state index contributed by atoms with van der Waals surface area (Å²) < 4.78 is 5.48. The number of rotatable bonds is 7.